The molecule has 0 aliphatic heterocycles. The fourth-order valence-corrected chi connectivity index (χ4v) is 3.11. The second kappa shape index (κ2) is 6.54. The van der Waals surface area contributed by atoms with Crippen molar-refractivity contribution >= 4 is 46.0 Å². The van der Waals surface area contributed by atoms with Gasteiger partial charge in [0.05, 0.1) is 10.9 Å². The second-order valence-corrected chi connectivity index (χ2v) is 6.36. The van der Waals surface area contributed by atoms with Gasteiger partial charge in [0.1, 0.15) is 11.3 Å². The number of benzene rings is 1. The normalized spacial score (nSPS) is 11.4. The van der Waals surface area contributed by atoms with Crippen LogP contribution in [0, 0.1) is 0 Å². The summed E-state index contributed by atoms with van der Waals surface area (Å²) in [4.78, 5) is 21.6. The van der Waals surface area contributed by atoms with E-state index in [4.69, 9.17) is 11.6 Å². The van der Waals surface area contributed by atoms with Gasteiger partial charge in [0, 0.05) is 17.4 Å². The Morgan fingerprint density at radius 3 is 2.88 bits per heavy atom. The Kier molecular flexibility index (Phi) is 4.09. The van der Waals surface area contributed by atoms with Gasteiger partial charge in [0.15, 0.2) is 0 Å². The van der Waals surface area contributed by atoms with Gasteiger partial charge in [-0.15, -0.1) is 10.2 Å². The number of fused-ring (bicyclic) bond motifs is 1. The van der Waals surface area contributed by atoms with Crippen LogP contribution in [0.4, 0.5) is 0 Å². The standard InChI is InChI=1S/C17H10ClN5OS/c18-12-4-5-13-14(8-12)21-15(6-3-11-2-1-7-19-9-11)23(16(13)24)17-22-20-10-25-17/h1-10H/b6-3+. The van der Waals surface area contributed by atoms with Crippen LogP contribution in [-0.2, 0) is 0 Å². The summed E-state index contributed by atoms with van der Waals surface area (Å²) in [6.07, 6.45) is 7.01. The van der Waals surface area contributed by atoms with Crippen LogP contribution in [0.3, 0.4) is 0 Å². The highest BCUT2D eigenvalue weighted by Crippen LogP contribution is 2.19. The van der Waals surface area contributed by atoms with E-state index in [1.54, 1.807) is 42.2 Å². The first kappa shape index (κ1) is 15.6. The summed E-state index contributed by atoms with van der Waals surface area (Å²) in [5, 5.41) is 9.28. The third kappa shape index (κ3) is 3.07. The first-order valence-corrected chi connectivity index (χ1v) is 8.55. The van der Waals surface area contributed by atoms with Crippen LogP contribution in [0.2, 0.25) is 5.02 Å². The molecule has 0 aliphatic carbocycles. The zero-order valence-electron chi connectivity index (χ0n) is 12.7. The summed E-state index contributed by atoms with van der Waals surface area (Å²) in [7, 11) is 0. The molecular formula is C17H10ClN5OS. The van der Waals surface area contributed by atoms with Crippen molar-refractivity contribution in [3.63, 3.8) is 0 Å². The quantitative estimate of drug-likeness (QED) is 0.554. The molecule has 0 aliphatic rings. The summed E-state index contributed by atoms with van der Waals surface area (Å²) in [6, 6.07) is 8.76. The van der Waals surface area contributed by atoms with Crippen LogP contribution in [-0.4, -0.2) is 24.7 Å². The monoisotopic (exact) mass is 367 g/mol. The Labute approximate surface area is 151 Å². The Morgan fingerprint density at radius 2 is 2.12 bits per heavy atom. The van der Waals surface area contributed by atoms with E-state index in [9.17, 15) is 4.79 Å². The molecule has 0 radical (unpaired) electrons. The third-order valence-electron chi connectivity index (χ3n) is 3.51. The van der Waals surface area contributed by atoms with Gasteiger partial charge in [-0.1, -0.05) is 29.0 Å². The lowest BCUT2D eigenvalue weighted by atomic mass is 10.2. The fraction of sp³-hybridized carbons (Fsp3) is 0. The lowest BCUT2D eigenvalue weighted by molar-refractivity contribution is 0.898. The summed E-state index contributed by atoms with van der Waals surface area (Å²) < 4.78 is 1.45. The molecule has 25 heavy (non-hydrogen) atoms. The van der Waals surface area contributed by atoms with Crippen molar-refractivity contribution in [2.75, 3.05) is 0 Å². The maximum atomic E-state index is 12.9. The maximum absolute atomic E-state index is 12.9. The van der Waals surface area contributed by atoms with Crippen molar-refractivity contribution in [1.82, 2.24) is 24.7 Å². The zero-order chi connectivity index (χ0) is 17.2. The molecule has 0 bridgehead atoms. The van der Waals surface area contributed by atoms with Gasteiger partial charge in [-0.05, 0) is 42.0 Å². The highest BCUT2D eigenvalue weighted by Gasteiger charge is 2.13. The number of halogens is 1. The molecule has 0 spiro atoms. The van der Waals surface area contributed by atoms with E-state index >= 15 is 0 Å². The minimum absolute atomic E-state index is 0.218. The van der Waals surface area contributed by atoms with Crippen molar-refractivity contribution in [2.24, 2.45) is 0 Å². The predicted molar refractivity (Wildman–Crippen MR) is 99.0 cm³/mol. The smallest absolute Gasteiger partial charge is 0.268 e. The van der Waals surface area contributed by atoms with E-state index < -0.39 is 0 Å². The minimum Gasteiger partial charge on any atom is -0.268 e. The fourth-order valence-electron chi connectivity index (χ4n) is 2.38. The van der Waals surface area contributed by atoms with E-state index in [-0.39, 0.29) is 5.56 Å². The van der Waals surface area contributed by atoms with Crippen molar-refractivity contribution in [3.8, 4) is 5.13 Å². The molecule has 4 rings (SSSR count). The summed E-state index contributed by atoms with van der Waals surface area (Å²) in [5.74, 6) is 0.445. The molecule has 0 saturated carbocycles. The number of rotatable bonds is 3. The van der Waals surface area contributed by atoms with Gasteiger partial charge in [0.25, 0.3) is 5.56 Å². The number of nitrogens with zero attached hydrogens (tertiary/aromatic N) is 5. The lowest BCUT2D eigenvalue weighted by Gasteiger charge is -2.08. The molecule has 0 N–H and O–H groups in total. The molecule has 0 amide bonds. The van der Waals surface area contributed by atoms with Gasteiger partial charge in [-0.2, -0.15) is 0 Å². The molecule has 3 heterocycles. The predicted octanol–water partition coefficient (Wildman–Crippen LogP) is 3.46. The van der Waals surface area contributed by atoms with Gasteiger partial charge >= 0.3 is 0 Å². The van der Waals surface area contributed by atoms with Crippen LogP contribution in [0.25, 0.3) is 28.2 Å². The van der Waals surface area contributed by atoms with Crippen LogP contribution in [0.1, 0.15) is 11.4 Å². The van der Waals surface area contributed by atoms with Crippen LogP contribution in [0.5, 0.6) is 0 Å². The molecule has 0 saturated heterocycles. The SMILES string of the molecule is O=c1c2ccc(Cl)cc2nc(/C=C/c2cccnc2)n1-c1nncs1. The van der Waals surface area contributed by atoms with Crippen molar-refractivity contribution in [1.29, 1.82) is 0 Å². The van der Waals surface area contributed by atoms with Crippen LogP contribution < -0.4 is 5.56 Å². The Hall–Kier alpha value is -2.90. The highest BCUT2D eigenvalue weighted by atomic mass is 35.5. The highest BCUT2D eigenvalue weighted by molar-refractivity contribution is 7.11. The average Bonchev–Trinajstić information content (AvgIpc) is 3.14. The molecule has 1 aromatic carbocycles. The summed E-state index contributed by atoms with van der Waals surface area (Å²) >= 11 is 7.31. The van der Waals surface area contributed by atoms with Crippen LogP contribution in [0.15, 0.2) is 53.0 Å². The molecule has 6 nitrogen and oxygen atoms in total. The molecule has 0 atom stereocenters. The van der Waals surface area contributed by atoms with E-state index in [1.807, 2.05) is 18.2 Å². The van der Waals surface area contributed by atoms with Gasteiger partial charge in [0.2, 0.25) is 5.13 Å². The Morgan fingerprint density at radius 1 is 1.20 bits per heavy atom. The summed E-state index contributed by atoms with van der Waals surface area (Å²) in [5.41, 5.74) is 2.78. The zero-order valence-corrected chi connectivity index (χ0v) is 14.3. The van der Waals surface area contributed by atoms with Gasteiger partial charge < -0.3 is 0 Å². The minimum atomic E-state index is -0.218. The molecule has 0 fully saturated rings. The van der Waals surface area contributed by atoms with E-state index in [0.29, 0.717) is 26.9 Å². The number of hydrogen-bond acceptors (Lipinski definition) is 6. The molecular weight excluding hydrogens is 358 g/mol. The number of pyridine rings is 1. The lowest BCUT2D eigenvalue weighted by Crippen LogP contribution is -2.22. The van der Waals surface area contributed by atoms with Gasteiger partial charge in [-0.3, -0.25) is 9.78 Å². The number of aromatic nitrogens is 5. The van der Waals surface area contributed by atoms with Crippen LogP contribution >= 0.6 is 22.9 Å². The number of hydrogen-bond donors (Lipinski definition) is 0. The third-order valence-corrected chi connectivity index (χ3v) is 4.42. The topological polar surface area (TPSA) is 73.6 Å². The average molecular weight is 368 g/mol. The molecule has 0 unspecified atom stereocenters. The first-order valence-electron chi connectivity index (χ1n) is 7.29. The van der Waals surface area contributed by atoms with E-state index in [2.05, 4.69) is 20.2 Å². The molecule has 8 heteroatoms. The molecule has 122 valence electrons. The van der Waals surface area contributed by atoms with E-state index in [0.717, 1.165) is 5.56 Å². The maximum Gasteiger partial charge on any atom is 0.268 e. The van der Waals surface area contributed by atoms with Crippen molar-refractivity contribution in [2.45, 2.75) is 0 Å². The van der Waals surface area contributed by atoms with Gasteiger partial charge in [-0.25, -0.2) is 9.55 Å². The largest absolute Gasteiger partial charge is 0.268 e. The van der Waals surface area contributed by atoms with E-state index in [1.165, 1.54) is 15.9 Å². The van der Waals surface area contributed by atoms with Crippen molar-refractivity contribution in [3.05, 3.63) is 75.0 Å². The molecule has 3 aromatic heterocycles. The van der Waals surface area contributed by atoms with Crippen molar-refractivity contribution < 1.29 is 0 Å². The Bertz CT molecular complexity index is 1120. The second-order valence-electron chi connectivity index (χ2n) is 5.11. The first-order chi connectivity index (χ1) is 12.2. The molecule has 4 aromatic rings. The Balaban J connectivity index is 1.96. The summed E-state index contributed by atoms with van der Waals surface area (Å²) in [6.45, 7) is 0.